The molecule has 94 valence electrons. The van der Waals surface area contributed by atoms with Crippen LogP contribution in [-0.2, 0) is 6.54 Å². The van der Waals surface area contributed by atoms with E-state index in [1.54, 1.807) is 0 Å². The fourth-order valence-electron chi connectivity index (χ4n) is 1.90. The molecule has 0 bridgehead atoms. The van der Waals surface area contributed by atoms with Crippen LogP contribution < -0.4 is 10.6 Å². The summed E-state index contributed by atoms with van der Waals surface area (Å²) in [7, 11) is 0. The van der Waals surface area contributed by atoms with E-state index in [1.165, 1.54) is 5.56 Å². The second-order valence-electron chi connectivity index (χ2n) is 4.23. The van der Waals surface area contributed by atoms with Crippen LogP contribution >= 0.6 is 0 Å². The van der Waals surface area contributed by atoms with Crippen LogP contribution in [0.25, 0.3) is 0 Å². The van der Waals surface area contributed by atoms with Gasteiger partial charge in [0.25, 0.3) is 0 Å². The van der Waals surface area contributed by atoms with Crippen molar-refractivity contribution in [2.45, 2.75) is 20.4 Å². The number of aromatic nitrogens is 2. The van der Waals surface area contributed by atoms with Crippen LogP contribution in [-0.4, -0.2) is 16.5 Å². The lowest BCUT2D eigenvalue weighted by molar-refractivity contribution is 0.810. The van der Waals surface area contributed by atoms with Crippen LogP contribution in [0.1, 0.15) is 18.2 Å². The third kappa shape index (κ3) is 2.97. The smallest absolute Gasteiger partial charge is 0.222 e. The first kappa shape index (κ1) is 12.4. The van der Waals surface area contributed by atoms with Gasteiger partial charge in [0.1, 0.15) is 5.82 Å². The van der Waals surface area contributed by atoms with Gasteiger partial charge in [0.15, 0.2) is 0 Å². The van der Waals surface area contributed by atoms with Gasteiger partial charge in [-0.2, -0.15) is 4.98 Å². The van der Waals surface area contributed by atoms with E-state index in [1.807, 2.05) is 31.2 Å². The van der Waals surface area contributed by atoms with Crippen LogP contribution in [0.3, 0.4) is 0 Å². The number of rotatable bonds is 4. The minimum absolute atomic E-state index is 0.330. The first-order valence-electron chi connectivity index (χ1n) is 6.09. The molecule has 0 aliphatic carbocycles. The molecule has 2 N–H and O–H groups in total. The Labute approximate surface area is 107 Å². The molecule has 0 radical (unpaired) electrons. The SMILES string of the molecule is CCN(Cc1ccccc1)c1cc(C)nc(N)n1. The Morgan fingerprint density at radius 1 is 1.17 bits per heavy atom. The Balaban J connectivity index is 2.23. The summed E-state index contributed by atoms with van der Waals surface area (Å²) < 4.78 is 0. The molecule has 18 heavy (non-hydrogen) atoms. The van der Waals surface area contributed by atoms with Crippen molar-refractivity contribution in [1.82, 2.24) is 9.97 Å². The lowest BCUT2D eigenvalue weighted by Crippen LogP contribution is -2.23. The molecule has 4 nitrogen and oxygen atoms in total. The van der Waals surface area contributed by atoms with Gasteiger partial charge >= 0.3 is 0 Å². The van der Waals surface area contributed by atoms with E-state index >= 15 is 0 Å². The number of nitrogens with zero attached hydrogens (tertiary/aromatic N) is 3. The van der Waals surface area contributed by atoms with E-state index < -0.39 is 0 Å². The Kier molecular flexibility index (Phi) is 3.77. The van der Waals surface area contributed by atoms with Crippen molar-refractivity contribution in [3.05, 3.63) is 47.7 Å². The number of benzene rings is 1. The molecule has 0 aliphatic heterocycles. The maximum Gasteiger partial charge on any atom is 0.222 e. The highest BCUT2D eigenvalue weighted by Gasteiger charge is 2.08. The molecule has 0 saturated heterocycles. The second-order valence-corrected chi connectivity index (χ2v) is 4.23. The fraction of sp³-hybridized carbons (Fsp3) is 0.286. The summed E-state index contributed by atoms with van der Waals surface area (Å²) in [4.78, 5) is 10.6. The summed E-state index contributed by atoms with van der Waals surface area (Å²) >= 11 is 0. The van der Waals surface area contributed by atoms with E-state index in [-0.39, 0.29) is 0 Å². The number of nitrogen functional groups attached to an aromatic ring is 1. The molecule has 0 amide bonds. The van der Waals surface area contributed by atoms with Crippen LogP contribution in [0.2, 0.25) is 0 Å². The van der Waals surface area contributed by atoms with Crippen molar-refractivity contribution in [3.63, 3.8) is 0 Å². The molecule has 2 rings (SSSR count). The van der Waals surface area contributed by atoms with Gasteiger partial charge in [-0.25, -0.2) is 4.98 Å². The zero-order valence-electron chi connectivity index (χ0n) is 10.8. The largest absolute Gasteiger partial charge is 0.368 e. The average Bonchev–Trinajstić information content (AvgIpc) is 2.36. The molecular weight excluding hydrogens is 224 g/mol. The third-order valence-electron chi connectivity index (χ3n) is 2.78. The predicted molar refractivity (Wildman–Crippen MR) is 74.3 cm³/mol. The highest BCUT2D eigenvalue weighted by atomic mass is 15.2. The molecule has 2 aromatic rings. The molecule has 0 atom stereocenters. The van der Waals surface area contributed by atoms with Gasteiger partial charge in [-0.15, -0.1) is 0 Å². The molecule has 0 saturated carbocycles. The van der Waals surface area contributed by atoms with E-state index in [0.29, 0.717) is 5.95 Å². The van der Waals surface area contributed by atoms with Gasteiger partial charge in [0, 0.05) is 24.8 Å². The maximum atomic E-state index is 5.70. The lowest BCUT2D eigenvalue weighted by Gasteiger charge is -2.22. The van der Waals surface area contributed by atoms with E-state index in [4.69, 9.17) is 5.73 Å². The van der Waals surface area contributed by atoms with Gasteiger partial charge in [0.2, 0.25) is 5.95 Å². The van der Waals surface area contributed by atoms with E-state index in [9.17, 15) is 0 Å². The van der Waals surface area contributed by atoms with Crippen LogP contribution in [0.4, 0.5) is 11.8 Å². The van der Waals surface area contributed by atoms with Crippen molar-refractivity contribution in [1.29, 1.82) is 0 Å². The van der Waals surface area contributed by atoms with Crippen molar-refractivity contribution in [2.24, 2.45) is 0 Å². The third-order valence-corrected chi connectivity index (χ3v) is 2.78. The van der Waals surface area contributed by atoms with Crippen molar-refractivity contribution >= 4 is 11.8 Å². The zero-order chi connectivity index (χ0) is 13.0. The first-order valence-corrected chi connectivity index (χ1v) is 6.09. The summed E-state index contributed by atoms with van der Waals surface area (Å²) in [6.45, 7) is 5.74. The minimum atomic E-state index is 0.330. The van der Waals surface area contributed by atoms with Gasteiger partial charge in [-0.3, -0.25) is 0 Å². The van der Waals surface area contributed by atoms with Gasteiger partial charge in [0.05, 0.1) is 0 Å². The van der Waals surface area contributed by atoms with E-state index in [2.05, 4.69) is 33.9 Å². The summed E-state index contributed by atoms with van der Waals surface area (Å²) in [6.07, 6.45) is 0. The summed E-state index contributed by atoms with van der Waals surface area (Å²) in [5.74, 6) is 1.21. The van der Waals surface area contributed by atoms with Crippen LogP contribution in [0.15, 0.2) is 36.4 Å². The quantitative estimate of drug-likeness (QED) is 0.894. The number of nitrogens with two attached hydrogens (primary N) is 1. The van der Waals surface area contributed by atoms with Crippen molar-refractivity contribution in [2.75, 3.05) is 17.2 Å². The zero-order valence-corrected chi connectivity index (χ0v) is 10.8. The number of aryl methyl sites for hydroxylation is 1. The first-order chi connectivity index (χ1) is 8.69. The average molecular weight is 242 g/mol. The normalized spacial score (nSPS) is 10.3. The Hall–Kier alpha value is -2.10. The Morgan fingerprint density at radius 3 is 2.50 bits per heavy atom. The second kappa shape index (κ2) is 5.49. The predicted octanol–water partition coefficient (Wildman–Crippen LogP) is 2.39. The molecule has 0 fully saturated rings. The minimum Gasteiger partial charge on any atom is -0.368 e. The molecule has 0 aliphatic rings. The molecule has 1 aromatic heterocycles. The molecule has 0 spiro atoms. The molecule has 0 unspecified atom stereocenters. The van der Waals surface area contributed by atoms with Gasteiger partial charge in [-0.05, 0) is 19.4 Å². The summed E-state index contributed by atoms with van der Waals surface area (Å²) in [6, 6.07) is 12.3. The molecule has 1 aromatic carbocycles. The van der Waals surface area contributed by atoms with E-state index in [0.717, 1.165) is 24.6 Å². The maximum absolute atomic E-state index is 5.70. The summed E-state index contributed by atoms with van der Waals surface area (Å²) in [5.41, 5.74) is 7.85. The molecule has 1 heterocycles. The highest BCUT2D eigenvalue weighted by Crippen LogP contribution is 2.16. The van der Waals surface area contributed by atoms with Crippen LogP contribution in [0, 0.1) is 6.92 Å². The monoisotopic (exact) mass is 242 g/mol. The molecule has 4 heteroatoms. The number of hydrogen-bond acceptors (Lipinski definition) is 4. The topological polar surface area (TPSA) is 55.0 Å². The Bertz CT molecular complexity index is 490. The number of hydrogen-bond donors (Lipinski definition) is 1. The van der Waals surface area contributed by atoms with Gasteiger partial charge in [-0.1, -0.05) is 30.3 Å². The lowest BCUT2D eigenvalue weighted by atomic mass is 10.2. The van der Waals surface area contributed by atoms with Crippen molar-refractivity contribution < 1.29 is 0 Å². The van der Waals surface area contributed by atoms with Gasteiger partial charge < -0.3 is 10.6 Å². The van der Waals surface area contributed by atoms with Crippen molar-refractivity contribution in [3.8, 4) is 0 Å². The van der Waals surface area contributed by atoms with Crippen LogP contribution in [0.5, 0.6) is 0 Å². The Morgan fingerprint density at radius 2 is 1.89 bits per heavy atom. The fourth-order valence-corrected chi connectivity index (χ4v) is 1.90. The molecular formula is C14H18N4. The standard InChI is InChI=1S/C14H18N4/c1-3-18(10-12-7-5-4-6-8-12)13-9-11(2)16-14(15)17-13/h4-9H,3,10H2,1-2H3,(H2,15,16,17). The number of anilines is 2. The highest BCUT2D eigenvalue weighted by molar-refractivity contribution is 5.43. The summed E-state index contributed by atoms with van der Waals surface area (Å²) in [5, 5.41) is 0.